The second-order valence-corrected chi connectivity index (χ2v) is 6.67. The molecule has 0 fully saturated rings. The molecule has 0 saturated carbocycles. The monoisotopic (exact) mass is 203 g/mol. The number of hydrogen-bond donors (Lipinski definition) is 1. The summed E-state index contributed by atoms with van der Waals surface area (Å²) in [5.74, 6) is 1.70. The molecule has 2 unspecified atom stereocenters. The first-order chi connectivity index (χ1) is 5.41. The van der Waals surface area contributed by atoms with Gasteiger partial charge in [0.15, 0.2) is 0 Å². The topological polar surface area (TPSA) is 43.1 Å². The van der Waals surface area contributed by atoms with E-state index in [1.54, 1.807) is 11.8 Å². The smallest absolute Gasteiger partial charge is 0.255 e. The van der Waals surface area contributed by atoms with Crippen molar-refractivity contribution in [1.82, 2.24) is 0 Å². The normalized spacial score (nSPS) is 25.9. The van der Waals surface area contributed by atoms with Crippen LogP contribution in [-0.2, 0) is 4.79 Å². The fourth-order valence-corrected chi connectivity index (χ4v) is 3.90. The van der Waals surface area contributed by atoms with Gasteiger partial charge in [0.25, 0.3) is 5.91 Å². The van der Waals surface area contributed by atoms with Gasteiger partial charge in [-0.3, -0.25) is 4.79 Å². The minimum atomic E-state index is -0.278. The van der Waals surface area contributed by atoms with E-state index in [0.29, 0.717) is 4.99 Å². The van der Waals surface area contributed by atoms with Crippen LogP contribution in [0.15, 0.2) is 10.7 Å². The maximum atomic E-state index is 10.8. The zero-order valence-electron chi connectivity index (χ0n) is 7.55. The van der Waals surface area contributed by atoms with E-state index >= 15 is 0 Å². The van der Waals surface area contributed by atoms with Gasteiger partial charge in [0, 0.05) is 4.99 Å². The SMILES string of the molecule is CC(C)(C)C1PC=C(C(N)=O)S1. The van der Waals surface area contributed by atoms with Crippen molar-refractivity contribution in [3.8, 4) is 0 Å². The van der Waals surface area contributed by atoms with E-state index < -0.39 is 0 Å². The first-order valence-corrected chi connectivity index (χ1v) is 5.87. The maximum absolute atomic E-state index is 10.8. The first kappa shape index (κ1) is 10.1. The van der Waals surface area contributed by atoms with Gasteiger partial charge in [-0.2, -0.15) is 0 Å². The Kier molecular flexibility index (Phi) is 2.84. The first-order valence-electron chi connectivity index (χ1n) is 3.84. The van der Waals surface area contributed by atoms with Crippen LogP contribution in [-0.4, -0.2) is 10.9 Å². The van der Waals surface area contributed by atoms with Crippen molar-refractivity contribution in [3.05, 3.63) is 10.7 Å². The number of carbonyl (C=O) groups is 1. The van der Waals surface area contributed by atoms with Crippen LogP contribution in [0.5, 0.6) is 0 Å². The van der Waals surface area contributed by atoms with E-state index in [1.165, 1.54) is 0 Å². The molecule has 1 amide bonds. The average molecular weight is 203 g/mol. The molecule has 0 spiro atoms. The third kappa shape index (κ3) is 2.24. The third-order valence-electron chi connectivity index (χ3n) is 1.64. The van der Waals surface area contributed by atoms with Crippen LogP contribution >= 0.6 is 20.3 Å². The summed E-state index contributed by atoms with van der Waals surface area (Å²) in [5, 5.41) is 0. The predicted octanol–water partition coefficient (Wildman–Crippen LogP) is 2.11. The quantitative estimate of drug-likeness (QED) is 0.663. The molecule has 68 valence electrons. The summed E-state index contributed by atoms with van der Waals surface area (Å²) >= 11 is 1.62. The zero-order chi connectivity index (χ0) is 9.35. The molecule has 1 aliphatic heterocycles. The van der Waals surface area contributed by atoms with Crippen molar-refractivity contribution in [1.29, 1.82) is 0 Å². The van der Waals surface area contributed by atoms with Crippen molar-refractivity contribution in [3.63, 3.8) is 0 Å². The van der Waals surface area contributed by atoms with E-state index in [1.807, 2.05) is 5.82 Å². The third-order valence-corrected chi connectivity index (χ3v) is 5.75. The van der Waals surface area contributed by atoms with Gasteiger partial charge in [-0.25, -0.2) is 0 Å². The summed E-state index contributed by atoms with van der Waals surface area (Å²) < 4.78 is 0. The maximum Gasteiger partial charge on any atom is 0.255 e. The molecule has 0 bridgehead atoms. The van der Waals surface area contributed by atoms with Crippen LogP contribution in [0.4, 0.5) is 0 Å². The molecule has 2 N–H and O–H groups in total. The van der Waals surface area contributed by atoms with Crippen LogP contribution in [0, 0.1) is 5.41 Å². The molecular weight excluding hydrogens is 189 g/mol. The number of nitrogens with two attached hydrogens (primary N) is 1. The lowest BCUT2D eigenvalue weighted by atomic mass is 10.0. The summed E-state index contributed by atoms with van der Waals surface area (Å²) in [6.07, 6.45) is 0. The number of carbonyl (C=O) groups excluding carboxylic acids is 1. The van der Waals surface area contributed by atoms with Crippen LogP contribution in [0.25, 0.3) is 0 Å². The summed E-state index contributed by atoms with van der Waals surface area (Å²) in [6.45, 7) is 6.57. The molecule has 1 heterocycles. The highest BCUT2D eigenvalue weighted by Gasteiger charge is 2.30. The van der Waals surface area contributed by atoms with Crippen LogP contribution < -0.4 is 5.73 Å². The van der Waals surface area contributed by atoms with Crippen molar-refractivity contribution < 1.29 is 4.79 Å². The van der Waals surface area contributed by atoms with Gasteiger partial charge < -0.3 is 5.73 Å². The zero-order valence-corrected chi connectivity index (χ0v) is 9.37. The second-order valence-electron chi connectivity index (χ2n) is 3.90. The Morgan fingerprint density at radius 1 is 1.67 bits per heavy atom. The van der Waals surface area contributed by atoms with Crippen molar-refractivity contribution in [2.45, 2.75) is 25.8 Å². The molecule has 0 saturated heterocycles. The molecule has 0 aliphatic carbocycles. The minimum Gasteiger partial charge on any atom is -0.365 e. The van der Waals surface area contributed by atoms with Gasteiger partial charge in [0.2, 0.25) is 0 Å². The number of rotatable bonds is 1. The Balaban J connectivity index is 2.59. The number of amides is 1. The molecule has 0 aromatic heterocycles. The summed E-state index contributed by atoms with van der Waals surface area (Å²) in [6, 6.07) is 0. The van der Waals surface area contributed by atoms with Gasteiger partial charge in [0.1, 0.15) is 0 Å². The molecule has 1 rings (SSSR count). The molecule has 12 heavy (non-hydrogen) atoms. The molecule has 0 radical (unpaired) electrons. The fourth-order valence-electron chi connectivity index (χ4n) is 0.902. The van der Waals surface area contributed by atoms with E-state index in [2.05, 4.69) is 20.8 Å². The predicted molar refractivity (Wildman–Crippen MR) is 56.4 cm³/mol. The highest BCUT2D eigenvalue weighted by atomic mass is 32.2. The Labute approximate surface area is 79.1 Å². The van der Waals surface area contributed by atoms with E-state index in [0.717, 1.165) is 13.5 Å². The standard InChI is InChI=1S/C8H14NOPS/c1-8(2,3)7-11-4-5(12-7)6(9)10/h4,7,11H,1-3H3,(H2,9,10). The van der Waals surface area contributed by atoms with Crippen LogP contribution in [0.1, 0.15) is 20.8 Å². The molecular formula is C8H14NOPS. The Morgan fingerprint density at radius 2 is 2.25 bits per heavy atom. The average Bonchev–Trinajstić information content (AvgIpc) is 2.30. The van der Waals surface area contributed by atoms with Gasteiger partial charge in [-0.15, -0.1) is 11.8 Å². The lowest BCUT2D eigenvalue weighted by Crippen LogP contribution is -2.18. The molecule has 2 nitrogen and oxygen atoms in total. The summed E-state index contributed by atoms with van der Waals surface area (Å²) in [4.78, 5) is 12.1. The molecule has 0 aromatic carbocycles. The van der Waals surface area contributed by atoms with E-state index in [-0.39, 0.29) is 11.3 Å². The van der Waals surface area contributed by atoms with Crippen molar-refractivity contribution in [2.24, 2.45) is 11.1 Å². The van der Waals surface area contributed by atoms with Crippen LogP contribution in [0.2, 0.25) is 0 Å². The van der Waals surface area contributed by atoms with E-state index in [9.17, 15) is 4.79 Å². The fraction of sp³-hybridized carbons (Fsp3) is 0.625. The minimum absolute atomic E-state index is 0.261. The number of thioether (sulfide) groups is 1. The summed E-state index contributed by atoms with van der Waals surface area (Å²) in [5.41, 5.74) is 5.44. The lowest BCUT2D eigenvalue weighted by Gasteiger charge is -2.25. The molecule has 2 atom stereocenters. The van der Waals surface area contributed by atoms with Gasteiger partial charge in [0.05, 0.1) is 4.91 Å². The number of hydrogen-bond acceptors (Lipinski definition) is 2. The Morgan fingerprint density at radius 3 is 2.50 bits per heavy atom. The van der Waals surface area contributed by atoms with Gasteiger partial charge in [-0.05, 0) is 11.2 Å². The van der Waals surface area contributed by atoms with E-state index in [4.69, 9.17) is 5.73 Å². The van der Waals surface area contributed by atoms with Gasteiger partial charge >= 0.3 is 0 Å². The molecule has 4 heteroatoms. The van der Waals surface area contributed by atoms with Crippen molar-refractivity contribution >= 4 is 26.2 Å². The highest BCUT2D eigenvalue weighted by molar-refractivity contribution is 8.10. The second kappa shape index (κ2) is 3.39. The highest BCUT2D eigenvalue weighted by Crippen LogP contribution is 2.52. The molecule has 0 aromatic rings. The number of primary amides is 1. The summed E-state index contributed by atoms with van der Waals surface area (Å²) in [7, 11) is 0.724. The largest absolute Gasteiger partial charge is 0.365 e. The Hall–Kier alpha value is -0.0100. The van der Waals surface area contributed by atoms with Gasteiger partial charge in [-0.1, -0.05) is 29.4 Å². The van der Waals surface area contributed by atoms with Crippen LogP contribution in [0.3, 0.4) is 0 Å². The lowest BCUT2D eigenvalue weighted by molar-refractivity contribution is -0.113. The molecule has 1 aliphatic rings. The Bertz CT molecular complexity index is 232. The van der Waals surface area contributed by atoms with Crippen molar-refractivity contribution in [2.75, 3.05) is 0 Å².